The normalized spacial score (nSPS) is 13.7. The first-order chi connectivity index (χ1) is 22.3. The molecule has 4 N–H and O–H groups in total. The number of primary amides is 1. The summed E-state index contributed by atoms with van der Waals surface area (Å²) in [6.45, 7) is 4.99. The molecule has 3 amide bonds. The van der Waals surface area contributed by atoms with E-state index in [2.05, 4.69) is 27.2 Å². The van der Waals surface area contributed by atoms with Gasteiger partial charge in [0.2, 0.25) is 0 Å². The van der Waals surface area contributed by atoms with Gasteiger partial charge in [0.1, 0.15) is 10.7 Å². The first-order valence-corrected chi connectivity index (χ1v) is 15.9. The third-order valence-corrected chi connectivity index (χ3v) is 9.58. The SMILES string of the molecule is Cc1c(NC(=O)c2csc(-c3ccccc3)n2)cccc1-c1ccc(C(N)=O)c2[nH]c3cc(C(=O)N4CCN(C)CC4)ccc3c12. The second-order valence-electron chi connectivity index (χ2n) is 11.6. The van der Waals surface area contributed by atoms with Gasteiger partial charge in [0.15, 0.2) is 0 Å². The van der Waals surface area contributed by atoms with E-state index in [1.807, 2.05) is 84.6 Å². The Labute approximate surface area is 269 Å². The smallest absolute Gasteiger partial charge is 0.275 e. The molecule has 0 atom stereocenters. The second-order valence-corrected chi connectivity index (χ2v) is 12.5. The van der Waals surface area contributed by atoms with Crippen molar-refractivity contribution in [3.63, 3.8) is 0 Å². The third kappa shape index (κ3) is 5.31. The van der Waals surface area contributed by atoms with Crippen molar-refractivity contribution in [2.45, 2.75) is 6.92 Å². The number of aromatic amines is 1. The van der Waals surface area contributed by atoms with Crippen LogP contribution in [0.15, 0.2) is 84.2 Å². The molecule has 0 saturated carbocycles. The van der Waals surface area contributed by atoms with E-state index in [-0.39, 0.29) is 11.8 Å². The number of nitrogens with one attached hydrogen (secondary N) is 2. The number of H-pyrrole nitrogens is 1. The third-order valence-electron chi connectivity index (χ3n) is 8.69. The summed E-state index contributed by atoms with van der Waals surface area (Å²) < 4.78 is 0. The van der Waals surface area contributed by atoms with E-state index in [1.165, 1.54) is 11.3 Å². The summed E-state index contributed by atoms with van der Waals surface area (Å²) in [6.07, 6.45) is 0. The van der Waals surface area contributed by atoms with E-state index in [0.717, 1.165) is 56.6 Å². The van der Waals surface area contributed by atoms with Gasteiger partial charge in [-0.05, 0) is 54.9 Å². The van der Waals surface area contributed by atoms with Gasteiger partial charge in [-0.1, -0.05) is 54.6 Å². The van der Waals surface area contributed by atoms with Crippen LogP contribution in [-0.2, 0) is 0 Å². The number of hydrogen-bond donors (Lipinski definition) is 3. The number of fused-ring (bicyclic) bond motifs is 3. The number of anilines is 1. The molecule has 0 bridgehead atoms. The van der Waals surface area contributed by atoms with Crippen molar-refractivity contribution in [3.05, 3.63) is 107 Å². The highest BCUT2D eigenvalue weighted by Crippen LogP contribution is 2.39. The zero-order valence-electron chi connectivity index (χ0n) is 25.5. The molecule has 1 saturated heterocycles. The molecule has 0 unspecified atom stereocenters. The Morgan fingerprint density at radius 1 is 0.913 bits per heavy atom. The van der Waals surface area contributed by atoms with Crippen LogP contribution in [0.25, 0.3) is 43.5 Å². The van der Waals surface area contributed by atoms with Crippen molar-refractivity contribution in [2.24, 2.45) is 5.73 Å². The van der Waals surface area contributed by atoms with Crippen LogP contribution in [0.1, 0.15) is 36.8 Å². The fraction of sp³-hybridized carbons (Fsp3) is 0.167. The lowest BCUT2D eigenvalue weighted by Gasteiger charge is -2.32. The van der Waals surface area contributed by atoms with Crippen LogP contribution in [0.4, 0.5) is 5.69 Å². The Morgan fingerprint density at radius 3 is 2.46 bits per heavy atom. The maximum Gasteiger partial charge on any atom is 0.275 e. The number of hydrogen-bond acceptors (Lipinski definition) is 6. The highest BCUT2D eigenvalue weighted by Gasteiger charge is 2.23. The van der Waals surface area contributed by atoms with Gasteiger partial charge in [-0.3, -0.25) is 14.4 Å². The molecule has 0 aliphatic carbocycles. The lowest BCUT2D eigenvalue weighted by molar-refractivity contribution is 0.0664. The number of likely N-dealkylation sites (N-methyl/N-ethyl adjacent to an activating group) is 1. The summed E-state index contributed by atoms with van der Waals surface area (Å²) in [7, 11) is 2.06. The molecule has 10 heteroatoms. The average Bonchev–Trinajstić information content (AvgIpc) is 3.71. The predicted octanol–water partition coefficient (Wildman–Crippen LogP) is 6.16. The number of thiazole rings is 1. The van der Waals surface area contributed by atoms with Gasteiger partial charge in [-0.15, -0.1) is 11.3 Å². The lowest BCUT2D eigenvalue weighted by atomic mass is 9.93. The summed E-state index contributed by atoms with van der Waals surface area (Å²) in [6, 6.07) is 24.7. The number of benzene rings is 4. The number of nitrogens with zero attached hydrogens (tertiary/aromatic N) is 3. The van der Waals surface area contributed by atoms with Gasteiger partial charge >= 0.3 is 0 Å². The van der Waals surface area contributed by atoms with Crippen molar-refractivity contribution >= 4 is 56.6 Å². The number of aromatic nitrogens is 2. The summed E-state index contributed by atoms with van der Waals surface area (Å²) >= 11 is 1.42. The highest BCUT2D eigenvalue weighted by atomic mass is 32.1. The van der Waals surface area contributed by atoms with Crippen molar-refractivity contribution in [1.29, 1.82) is 0 Å². The number of nitrogens with two attached hydrogens (primary N) is 1. The minimum Gasteiger partial charge on any atom is -0.366 e. The van der Waals surface area contributed by atoms with Gasteiger partial charge in [0.25, 0.3) is 17.7 Å². The monoisotopic (exact) mass is 628 g/mol. The van der Waals surface area contributed by atoms with Crippen molar-refractivity contribution < 1.29 is 14.4 Å². The molecule has 2 aromatic heterocycles. The quantitative estimate of drug-likeness (QED) is 0.204. The minimum atomic E-state index is -0.548. The topological polar surface area (TPSA) is 124 Å². The van der Waals surface area contributed by atoms with Gasteiger partial charge in [-0.2, -0.15) is 0 Å². The number of piperazine rings is 1. The molecule has 0 spiro atoms. The fourth-order valence-electron chi connectivity index (χ4n) is 6.11. The molecule has 7 rings (SSSR count). The van der Waals surface area contributed by atoms with Crippen LogP contribution in [0.2, 0.25) is 0 Å². The van der Waals surface area contributed by atoms with E-state index in [4.69, 9.17) is 5.73 Å². The lowest BCUT2D eigenvalue weighted by Crippen LogP contribution is -2.47. The molecule has 0 radical (unpaired) electrons. The molecular weight excluding hydrogens is 597 g/mol. The Balaban J connectivity index is 1.25. The summed E-state index contributed by atoms with van der Waals surface area (Å²) in [5, 5.41) is 7.27. The Morgan fingerprint density at radius 2 is 1.70 bits per heavy atom. The fourth-order valence-corrected chi connectivity index (χ4v) is 6.91. The van der Waals surface area contributed by atoms with E-state index in [0.29, 0.717) is 41.1 Å². The van der Waals surface area contributed by atoms with Crippen LogP contribution in [-0.4, -0.2) is 70.7 Å². The minimum absolute atomic E-state index is 0.0145. The van der Waals surface area contributed by atoms with Crippen LogP contribution < -0.4 is 11.1 Å². The Kier molecular flexibility index (Phi) is 7.59. The maximum absolute atomic E-state index is 13.4. The first-order valence-electron chi connectivity index (χ1n) is 15.1. The van der Waals surface area contributed by atoms with Gasteiger partial charge in [-0.25, -0.2) is 4.98 Å². The van der Waals surface area contributed by atoms with E-state index in [9.17, 15) is 14.4 Å². The van der Waals surface area contributed by atoms with Crippen LogP contribution in [0.5, 0.6) is 0 Å². The van der Waals surface area contributed by atoms with Crippen molar-refractivity contribution in [2.75, 3.05) is 38.5 Å². The molecule has 1 fully saturated rings. The largest absolute Gasteiger partial charge is 0.366 e. The maximum atomic E-state index is 13.4. The first kappa shape index (κ1) is 29.4. The standard InChI is InChI=1S/C36H32N6O3S/c1-21-24(9-6-10-28(21)39-34(44)30-20-46-35(40-30)22-7-4-3-5-8-22)25-13-14-27(33(37)43)32-31(25)26-12-11-23(19-29(26)38-32)36(45)42-17-15-41(2)16-18-42/h3-14,19-20,38H,15-18H2,1-2H3,(H2,37,43)(H,39,44). The Hall–Kier alpha value is -5.32. The predicted molar refractivity (Wildman–Crippen MR) is 183 cm³/mol. The molecule has 3 heterocycles. The molecule has 1 aliphatic heterocycles. The Bertz CT molecular complexity index is 2140. The van der Waals surface area contributed by atoms with E-state index in [1.54, 1.807) is 11.4 Å². The molecule has 9 nitrogen and oxygen atoms in total. The highest BCUT2D eigenvalue weighted by molar-refractivity contribution is 7.13. The van der Waals surface area contributed by atoms with Crippen LogP contribution in [0, 0.1) is 6.92 Å². The van der Waals surface area contributed by atoms with Crippen molar-refractivity contribution in [1.82, 2.24) is 19.8 Å². The summed E-state index contributed by atoms with van der Waals surface area (Å²) in [4.78, 5) is 51.2. The van der Waals surface area contributed by atoms with E-state index < -0.39 is 5.91 Å². The van der Waals surface area contributed by atoms with E-state index >= 15 is 0 Å². The number of amides is 3. The second kappa shape index (κ2) is 11.9. The zero-order chi connectivity index (χ0) is 31.9. The number of rotatable bonds is 6. The van der Waals surface area contributed by atoms with Gasteiger partial charge in [0.05, 0.1) is 11.1 Å². The summed E-state index contributed by atoms with van der Waals surface area (Å²) in [5.74, 6) is -0.857. The summed E-state index contributed by atoms with van der Waals surface area (Å²) in [5.41, 5.74) is 12.7. The molecule has 4 aromatic carbocycles. The molecule has 230 valence electrons. The van der Waals surface area contributed by atoms with Crippen molar-refractivity contribution in [3.8, 4) is 21.7 Å². The van der Waals surface area contributed by atoms with Crippen LogP contribution >= 0.6 is 11.3 Å². The molecule has 1 aliphatic rings. The zero-order valence-corrected chi connectivity index (χ0v) is 26.3. The van der Waals surface area contributed by atoms with Gasteiger partial charge in [0, 0.05) is 64.7 Å². The molecule has 46 heavy (non-hydrogen) atoms. The van der Waals surface area contributed by atoms with Crippen LogP contribution in [0.3, 0.4) is 0 Å². The average molecular weight is 629 g/mol. The number of carbonyl (C=O) groups is 3. The molecule has 6 aromatic rings. The number of carbonyl (C=O) groups excluding carboxylic acids is 3. The molecular formula is C36H32N6O3S. The van der Waals surface area contributed by atoms with Gasteiger partial charge < -0.3 is 25.8 Å².